The lowest BCUT2D eigenvalue weighted by molar-refractivity contribution is -0.123. The second kappa shape index (κ2) is 7.30. The van der Waals surface area contributed by atoms with Gasteiger partial charge in [0.05, 0.1) is 18.3 Å². The fourth-order valence-electron chi connectivity index (χ4n) is 3.82. The minimum Gasteiger partial charge on any atom is -0.497 e. The van der Waals surface area contributed by atoms with Gasteiger partial charge in [-0.05, 0) is 50.5 Å². The van der Waals surface area contributed by atoms with Gasteiger partial charge in [0.25, 0.3) is 0 Å². The van der Waals surface area contributed by atoms with E-state index in [1.807, 2.05) is 42.8 Å². The van der Waals surface area contributed by atoms with Crippen LogP contribution in [0.5, 0.6) is 5.75 Å². The molecule has 1 aromatic heterocycles. The Balaban J connectivity index is 1.70. The van der Waals surface area contributed by atoms with Gasteiger partial charge in [-0.15, -0.1) is 0 Å². The van der Waals surface area contributed by atoms with Gasteiger partial charge < -0.3 is 10.1 Å². The zero-order valence-corrected chi connectivity index (χ0v) is 15.3. The number of aromatic nitrogens is 2. The molecule has 1 N–H and O–H groups in total. The lowest BCUT2D eigenvalue weighted by Crippen LogP contribution is -2.44. The monoisotopic (exact) mass is 341 g/mol. The highest BCUT2D eigenvalue weighted by atomic mass is 16.5. The Morgan fingerprint density at radius 2 is 2.04 bits per heavy atom. The number of ether oxygens (including phenoxy) is 1. The largest absolute Gasteiger partial charge is 0.497 e. The minimum absolute atomic E-state index is 0.0808. The molecule has 1 fully saturated rings. The normalized spacial score (nSPS) is 16.0. The quantitative estimate of drug-likeness (QED) is 0.875. The van der Waals surface area contributed by atoms with Crippen molar-refractivity contribution in [2.75, 3.05) is 7.11 Å². The van der Waals surface area contributed by atoms with E-state index in [-0.39, 0.29) is 11.4 Å². The summed E-state index contributed by atoms with van der Waals surface area (Å²) in [6.07, 6.45) is 4.66. The first-order valence-electron chi connectivity index (χ1n) is 8.99. The molecular weight excluding hydrogens is 314 g/mol. The Morgan fingerprint density at radius 3 is 2.68 bits per heavy atom. The van der Waals surface area contributed by atoms with Crippen LogP contribution >= 0.6 is 0 Å². The van der Waals surface area contributed by atoms with Crippen LogP contribution in [0.2, 0.25) is 0 Å². The lowest BCUT2D eigenvalue weighted by atomic mass is 9.87. The molecule has 1 aliphatic rings. The van der Waals surface area contributed by atoms with E-state index < -0.39 is 0 Å². The van der Waals surface area contributed by atoms with E-state index >= 15 is 0 Å². The van der Waals surface area contributed by atoms with Gasteiger partial charge in [-0.1, -0.05) is 25.0 Å². The third-order valence-electron chi connectivity index (χ3n) is 5.11. The summed E-state index contributed by atoms with van der Waals surface area (Å²) in [5.74, 6) is 0.915. The predicted octanol–water partition coefficient (Wildman–Crippen LogP) is 3.48. The van der Waals surface area contributed by atoms with Gasteiger partial charge in [-0.25, -0.2) is 0 Å². The van der Waals surface area contributed by atoms with Crippen LogP contribution in [0.3, 0.4) is 0 Å². The van der Waals surface area contributed by atoms with Crippen molar-refractivity contribution >= 4 is 5.91 Å². The summed E-state index contributed by atoms with van der Waals surface area (Å²) in [7, 11) is 1.67. The van der Waals surface area contributed by atoms with E-state index in [9.17, 15) is 4.79 Å². The first-order chi connectivity index (χ1) is 12.0. The maximum atomic E-state index is 12.6. The summed E-state index contributed by atoms with van der Waals surface area (Å²) >= 11 is 0. The standard InChI is InChI=1S/C20H27N3O2/c1-15-13-16(2)23(22-15)12-9-19(24)21-20(10-4-5-11-20)17-7-6-8-18(14-17)25-3/h6-8,13-14H,4-5,9-12H2,1-3H3,(H,21,24). The zero-order chi connectivity index (χ0) is 17.9. The molecule has 25 heavy (non-hydrogen) atoms. The number of carbonyl (C=O) groups excluding carboxylic acids is 1. The highest BCUT2D eigenvalue weighted by Gasteiger charge is 2.37. The molecule has 1 heterocycles. The van der Waals surface area contributed by atoms with Crippen molar-refractivity contribution in [3.8, 4) is 5.75 Å². The number of hydrogen-bond acceptors (Lipinski definition) is 3. The second-order valence-electron chi connectivity index (χ2n) is 6.97. The molecule has 0 aliphatic heterocycles. The molecule has 0 unspecified atom stereocenters. The number of benzene rings is 1. The lowest BCUT2D eigenvalue weighted by Gasteiger charge is -2.31. The third kappa shape index (κ3) is 3.86. The van der Waals surface area contributed by atoms with Crippen LogP contribution < -0.4 is 10.1 Å². The number of carbonyl (C=O) groups is 1. The Hall–Kier alpha value is -2.30. The van der Waals surface area contributed by atoms with Gasteiger partial charge in [0, 0.05) is 18.7 Å². The summed E-state index contributed by atoms with van der Waals surface area (Å²) in [5.41, 5.74) is 2.96. The molecule has 2 aromatic rings. The van der Waals surface area contributed by atoms with Crippen LogP contribution in [0.25, 0.3) is 0 Å². The fourth-order valence-corrected chi connectivity index (χ4v) is 3.82. The molecule has 3 rings (SSSR count). The summed E-state index contributed by atoms with van der Waals surface area (Å²) < 4.78 is 7.27. The van der Waals surface area contributed by atoms with Crippen LogP contribution in [0, 0.1) is 13.8 Å². The third-order valence-corrected chi connectivity index (χ3v) is 5.11. The van der Waals surface area contributed by atoms with Crippen LogP contribution in [-0.2, 0) is 16.9 Å². The number of nitrogens with one attached hydrogen (secondary N) is 1. The van der Waals surface area contributed by atoms with Crippen molar-refractivity contribution in [3.05, 3.63) is 47.3 Å². The zero-order valence-electron chi connectivity index (χ0n) is 15.3. The van der Waals surface area contributed by atoms with Gasteiger partial charge in [0.1, 0.15) is 5.75 Å². The highest BCUT2D eigenvalue weighted by Crippen LogP contribution is 2.39. The van der Waals surface area contributed by atoms with Crippen molar-refractivity contribution in [2.45, 2.75) is 58.0 Å². The first-order valence-corrected chi connectivity index (χ1v) is 8.99. The number of rotatable bonds is 6. The SMILES string of the molecule is COc1cccc(C2(NC(=O)CCn3nc(C)cc3C)CCCC2)c1. The van der Waals surface area contributed by atoms with E-state index in [4.69, 9.17) is 4.74 Å². The maximum absolute atomic E-state index is 12.6. The molecular formula is C20H27N3O2. The molecule has 0 atom stereocenters. The van der Waals surface area contributed by atoms with Crippen molar-refractivity contribution in [1.82, 2.24) is 15.1 Å². The summed E-state index contributed by atoms with van der Waals surface area (Å²) in [6.45, 7) is 4.60. The first kappa shape index (κ1) is 17.5. The maximum Gasteiger partial charge on any atom is 0.222 e. The molecule has 0 saturated heterocycles. The van der Waals surface area contributed by atoms with Crippen molar-refractivity contribution in [1.29, 1.82) is 0 Å². The summed E-state index contributed by atoms with van der Waals surface area (Å²) in [5, 5.41) is 7.75. The Morgan fingerprint density at radius 1 is 1.28 bits per heavy atom. The molecule has 0 spiro atoms. The van der Waals surface area contributed by atoms with Crippen molar-refractivity contribution in [2.24, 2.45) is 0 Å². The Labute approximate surface area is 149 Å². The topological polar surface area (TPSA) is 56.1 Å². The number of amides is 1. The van der Waals surface area contributed by atoms with E-state index in [2.05, 4.69) is 16.5 Å². The van der Waals surface area contributed by atoms with Gasteiger partial charge in [0.15, 0.2) is 0 Å². The molecule has 134 valence electrons. The molecule has 1 aromatic carbocycles. The smallest absolute Gasteiger partial charge is 0.222 e. The van der Waals surface area contributed by atoms with E-state index in [1.165, 1.54) is 0 Å². The fraction of sp³-hybridized carbons (Fsp3) is 0.500. The average Bonchev–Trinajstić information content (AvgIpc) is 3.20. The molecule has 5 nitrogen and oxygen atoms in total. The molecule has 1 saturated carbocycles. The predicted molar refractivity (Wildman–Crippen MR) is 97.6 cm³/mol. The summed E-state index contributed by atoms with van der Waals surface area (Å²) in [4.78, 5) is 12.6. The molecule has 5 heteroatoms. The molecule has 1 amide bonds. The highest BCUT2D eigenvalue weighted by molar-refractivity contribution is 5.77. The average molecular weight is 341 g/mol. The van der Waals surface area contributed by atoms with Crippen molar-refractivity contribution in [3.63, 3.8) is 0 Å². The van der Waals surface area contributed by atoms with Crippen molar-refractivity contribution < 1.29 is 9.53 Å². The van der Waals surface area contributed by atoms with Gasteiger partial charge in [-0.2, -0.15) is 5.10 Å². The van der Waals surface area contributed by atoms with E-state index in [0.29, 0.717) is 13.0 Å². The molecule has 0 radical (unpaired) electrons. The molecule has 0 bridgehead atoms. The number of nitrogens with zero attached hydrogens (tertiary/aromatic N) is 2. The number of aryl methyl sites for hydroxylation is 3. The van der Waals surface area contributed by atoms with Gasteiger partial charge in [0.2, 0.25) is 5.91 Å². The minimum atomic E-state index is -0.263. The van der Waals surface area contributed by atoms with E-state index in [1.54, 1.807) is 7.11 Å². The van der Waals surface area contributed by atoms with Crippen LogP contribution in [0.15, 0.2) is 30.3 Å². The van der Waals surface area contributed by atoms with Gasteiger partial charge in [-0.3, -0.25) is 9.48 Å². The Bertz CT molecular complexity index is 745. The Kier molecular flexibility index (Phi) is 5.11. The van der Waals surface area contributed by atoms with Gasteiger partial charge >= 0.3 is 0 Å². The number of hydrogen-bond donors (Lipinski definition) is 1. The number of methoxy groups -OCH3 is 1. The van der Waals surface area contributed by atoms with Crippen LogP contribution in [-0.4, -0.2) is 22.8 Å². The van der Waals surface area contributed by atoms with E-state index in [0.717, 1.165) is 48.4 Å². The van der Waals surface area contributed by atoms with Crippen LogP contribution in [0.4, 0.5) is 0 Å². The van der Waals surface area contributed by atoms with Crippen LogP contribution in [0.1, 0.15) is 49.1 Å². The summed E-state index contributed by atoms with van der Waals surface area (Å²) in [6, 6.07) is 10.1. The second-order valence-corrected chi connectivity index (χ2v) is 6.97. The molecule has 1 aliphatic carbocycles.